The maximum atomic E-state index is 11.7. The Kier molecular flexibility index (Phi) is 6.83. The quantitative estimate of drug-likeness (QED) is 0.695. The highest BCUT2D eigenvalue weighted by Gasteiger charge is 2.04. The lowest BCUT2D eigenvalue weighted by atomic mass is 10.0. The van der Waals surface area contributed by atoms with Gasteiger partial charge in [0.1, 0.15) is 0 Å². The van der Waals surface area contributed by atoms with Gasteiger partial charge in [0, 0.05) is 12.2 Å². The van der Waals surface area contributed by atoms with Gasteiger partial charge in [0.25, 0.3) is 0 Å². The van der Waals surface area contributed by atoms with Gasteiger partial charge in [0.2, 0.25) is 0 Å². The lowest BCUT2D eigenvalue weighted by Crippen LogP contribution is -2.30. The van der Waals surface area contributed by atoms with E-state index in [0.29, 0.717) is 5.69 Å². The van der Waals surface area contributed by atoms with Gasteiger partial charge in [0.05, 0.1) is 6.42 Å². The SMILES string of the molecule is O=C(O)CCNC(=O)Nc1cccc(CCCc2ccccc2)c1. The second-order valence-corrected chi connectivity index (χ2v) is 5.56. The summed E-state index contributed by atoms with van der Waals surface area (Å²) in [5, 5.41) is 13.8. The number of carbonyl (C=O) groups excluding carboxylic acids is 1. The van der Waals surface area contributed by atoms with Crippen molar-refractivity contribution in [1.82, 2.24) is 5.32 Å². The van der Waals surface area contributed by atoms with E-state index in [1.807, 2.05) is 42.5 Å². The summed E-state index contributed by atoms with van der Waals surface area (Å²) in [5.41, 5.74) is 3.19. The van der Waals surface area contributed by atoms with Crippen LogP contribution in [0.3, 0.4) is 0 Å². The number of aryl methyl sites for hydroxylation is 2. The smallest absolute Gasteiger partial charge is 0.319 e. The Bertz CT molecular complexity index is 671. The van der Waals surface area contributed by atoms with Crippen LogP contribution in [0.5, 0.6) is 0 Å². The normalized spacial score (nSPS) is 10.2. The van der Waals surface area contributed by atoms with Crippen LogP contribution in [0.1, 0.15) is 24.0 Å². The molecule has 0 radical (unpaired) electrons. The van der Waals surface area contributed by atoms with Crippen molar-refractivity contribution in [1.29, 1.82) is 0 Å². The predicted octanol–water partition coefficient (Wildman–Crippen LogP) is 3.46. The summed E-state index contributed by atoms with van der Waals surface area (Å²) < 4.78 is 0. The monoisotopic (exact) mass is 326 g/mol. The van der Waals surface area contributed by atoms with Gasteiger partial charge in [0.15, 0.2) is 0 Å². The molecule has 0 aromatic heterocycles. The van der Waals surface area contributed by atoms with Crippen molar-refractivity contribution in [3.63, 3.8) is 0 Å². The van der Waals surface area contributed by atoms with Gasteiger partial charge in [-0.05, 0) is 42.5 Å². The Hall–Kier alpha value is -2.82. The number of rotatable bonds is 8. The second kappa shape index (κ2) is 9.35. The number of benzene rings is 2. The molecular formula is C19H22N2O3. The average molecular weight is 326 g/mol. The fraction of sp³-hybridized carbons (Fsp3) is 0.263. The van der Waals surface area contributed by atoms with Gasteiger partial charge in [-0.15, -0.1) is 0 Å². The molecule has 2 amide bonds. The summed E-state index contributed by atoms with van der Waals surface area (Å²) >= 11 is 0. The maximum Gasteiger partial charge on any atom is 0.319 e. The Labute approximate surface area is 141 Å². The van der Waals surface area contributed by atoms with Crippen LogP contribution in [0, 0.1) is 0 Å². The molecule has 24 heavy (non-hydrogen) atoms. The molecule has 2 aromatic rings. The number of carboxylic acid groups (broad SMARTS) is 1. The third kappa shape index (κ3) is 6.52. The van der Waals surface area contributed by atoms with Gasteiger partial charge >= 0.3 is 12.0 Å². The highest BCUT2D eigenvalue weighted by Crippen LogP contribution is 2.13. The molecule has 0 spiro atoms. The topological polar surface area (TPSA) is 78.4 Å². The minimum atomic E-state index is -0.935. The molecule has 0 aliphatic rings. The lowest BCUT2D eigenvalue weighted by Gasteiger charge is -2.08. The van der Waals surface area contributed by atoms with Crippen LogP contribution in [0.25, 0.3) is 0 Å². The molecule has 0 heterocycles. The van der Waals surface area contributed by atoms with Crippen molar-refractivity contribution in [2.75, 3.05) is 11.9 Å². The lowest BCUT2D eigenvalue weighted by molar-refractivity contribution is -0.136. The summed E-state index contributed by atoms with van der Waals surface area (Å²) in [4.78, 5) is 22.1. The first-order chi connectivity index (χ1) is 11.6. The van der Waals surface area contributed by atoms with E-state index in [2.05, 4.69) is 22.8 Å². The van der Waals surface area contributed by atoms with Crippen molar-refractivity contribution >= 4 is 17.7 Å². The van der Waals surface area contributed by atoms with E-state index in [1.165, 1.54) is 5.56 Å². The van der Waals surface area contributed by atoms with Gasteiger partial charge in [-0.3, -0.25) is 4.79 Å². The molecule has 2 aromatic carbocycles. The van der Waals surface area contributed by atoms with Crippen LogP contribution >= 0.6 is 0 Å². The number of nitrogens with one attached hydrogen (secondary N) is 2. The fourth-order valence-electron chi connectivity index (χ4n) is 2.40. The summed E-state index contributed by atoms with van der Waals surface area (Å²) in [7, 11) is 0. The molecule has 5 nitrogen and oxygen atoms in total. The Morgan fingerprint density at radius 1 is 0.917 bits per heavy atom. The van der Waals surface area contributed by atoms with Crippen LogP contribution in [0.15, 0.2) is 54.6 Å². The van der Waals surface area contributed by atoms with Crippen LogP contribution in [0.4, 0.5) is 10.5 Å². The van der Waals surface area contributed by atoms with Gasteiger partial charge < -0.3 is 15.7 Å². The number of carbonyl (C=O) groups is 2. The molecule has 3 N–H and O–H groups in total. The van der Waals surface area contributed by atoms with E-state index in [9.17, 15) is 9.59 Å². The number of aliphatic carboxylic acids is 1. The van der Waals surface area contributed by atoms with Gasteiger partial charge in [-0.1, -0.05) is 42.5 Å². The third-order valence-electron chi connectivity index (χ3n) is 3.58. The molecule has 0 fully saturated rings. The number of hydrogen-bond donors (Lipinski definition) is 3. The standard InChI is InChI=1S/C19H22N2O3/c22-18(23)12-13-20-19(24)21-17-11-5-10-16(14-17)9-4-8-15-6-2-1-3-7-15/h1-3,5-7,10-11,14H,4,8-9,12-13H2,(H,22,23)(H2,20,21,24). The number of anilines is 1. The maximum absolute atomic E-state index is 11.7. The average Bonchev–Trinajstić information content (AvgIpc) is 2.56. The highest BCUT2D eigenvalue weighted by molar-refractivity contribution is 5.89. The Morgan fingerprint density at radius 3 is 2.38 bits per heavy atom. The molecule has 126 valence electrons. The van der Waals surface area contributed by atoms with Crippen molar-refractivity contribution in [2.45, 2.75) is 25.7 Å². The van der Waals surface area contributed by atoms with Crippen LogP contribution in [-0.4, -0.2) is 23.7 Å². The second-order valence-electron chi connectivity index (χ2n) is 5.56. The summed E-state index contributed by atoms with van der Waals surface area (Å²) in [6.45, 7) is 0.109. The van der Waals surface area contributed by atoms with E-state index in [0.717, 1.165) is 24.8 Å². The van der Waals surface area contributed by atoms with Crippen molar-refractivity contribution in [3.8, 4) is 0 Å². The Morgan fingerprint density at radius 2 is 1.62 bits per heavy atom. The zero-order chi connectivity index (χ0) is 17.2. The molecule has 0 bridgehead atoms. The van der Waals surface area contributed by atoms with E-state index >= 15 is 0 Å². The number of carboxylic acids is 1. The van der Waals surface area contributed by atoms with Crippen LogP contribution in [-0.2, 0) is 17.6 Å². The van der Waals surface area contributed by atoms with Crippen molar-refractivity contribution in [2.24, 2.45) is 0 Å². The third-order valence-corrected chi connectivity index (χ3v) is 3.58. The molecule has 2 rings (SSSR count). The first-order valence-electron chi connectivity index (χ1n) is 8.03. The fourth-order valence-corrected chi connectivity index (χ4v) is 2.40. The largest absolute Gasteiger partial charge is 0.481 e. The zero-order valence-electron chi connectivity index (χ0n) is 13.5. The number of urea groups is 1. The summed E-state index contributed by atoms with van der Waals surface area (Å²) in [5.74, 6) is -0.935. The molecule has 0 saturated carbocycles. The van der Waals surface area contributed by atoms with Gasteiger partial charge in [-0.25, -0.2) is 4.79 Å². The van der Waals surface area contributed by atoms with Crippen LogP contribution in [0.2, 0.25) is 0 Å². The van der Waals surface area contributed by atoms with E-state index < -0.39 is 12.0 Å². The molecular weight excluding hydrogens is 304 g/mol. The highest BCUT2D eigenvalue weighted by atomic mass is 16.4. The predicted molar refractivity (Wildman–Crippen MR) is 94.2 cm³/mol. The molecule has 0 aliphatic heterocycles. The zero-order valence-corrected chi connectivity index (χ0v) is 13.5. The van der Waals surface area contributed by atoms with E-state index in [4.69, 9.17) is 5.11 Å². The Balaban J connectivity index is 1.78. The molecule has 0 unspecified atom stereocenters. The van der Waals surface area contributed by atoms with Crippen molar-refractivity contribution in [3.05, 3.63) is 65.7 Å². The van der Waals surface area contributed by atoms with Crippen LogP contribution < -0.4 is 10.6 Å². The van der Waals surface area contributed by atoms with E-state index in [1.54, 1.807) is 0 Å². The van der Waals surface area contributed by atoms with Crippen molar-refractivity contribution < 1.29 is 14.7 Å². The number of hydrogen-bond acceptors (Lipinski definition) is 2. The molecule has 0 saturated heterocycles. The molecule has 0 aliphatic carbocycles. The van der Waals surface area contributed by atoms with E-state index in [-0.39, 0.29) is 13.0 Å². The minimum Gasteiger partial charge on any atom is -0.481 e. The molecule has 5 heteroatoms. The molecule has 0 atom stereocenters. The van der Waals surface area contributed by atoms with Gasteiger partial charge in [-0.2, -0.15) is 0 Å². The first-order valence-corrected chi connectivity index (χ1v) is 8.03. The first kappa shape index (κ1) is 17.5. The number of amides is 2. The summed E-state index contributed by atoms with van der Waals surface area (Å²) in [6.07, 6.45) is 2.91. The minimum absolute atomic E-state index is 0.0903. The summed E-state index contributed by atoms with van der Waals surface area (Å²) in [6, 6.07) is 17.7.